The summed E-state index contributed by atoms with van der Waals surface area (Å²) in [6.07, 6.45) is 6.77. The van der Waals surface area contributed by atoms with Gasteiger partial charge in [0, 0.05) is 33.4 Å². The second-order valence-corrected chi connectivity index (χ2v) is 15.9. The van der Waals surface area contributed by atoms with E-state index < -0.39 is 5.41 Å². The number of furan rings is 1. The summed E-state index contributed by atoms with van der Waals surface area (Å²) in [7, 11) is 0. The van der Waals surface area contributed by atoms with Crippen molar-refractivity contribution in [1.82, 2.24) is 0 Å². The molecule has 0 fully saturated rings. The van der Waals surface area contributed by atoms with Crippen LogP contribution in [0.15, 0.2) is 211 Å². The molecule has 9 aromatic carbocycles. The molecule has 0 aliphatic heterocycles. The molecule has 12 rings (SSSR count). The molecule has 0 saturated carbocycles. The molecule has 278 valence electrons. The Hall–Kier alpha value is -7.42. The maximum Gasteiger partial charge on any atom is 0.140 e. The largest absolute Gasteiger partial charge is 0.456 e. The van der Waals surface area contributed by atoms with Crippen LogP contribution >= 0.6 is 0 Å². The maximum absolute atomic E-state index is 6.90. The number of allylic oxidation sites excluding steroid dienone is 1. The van der Waals surface area contributed by atoms with Gasteiger partial charge in [0.2, 0.25) is 0 Å². The maximum atomic E-state index is 6.90. The molecule has 0 bridgehead atoms. The Morgan fingerprint density at radius 2 is 1.14 bits per heavy atom. The summed E-state index contributed by atoms with van der Waals surface area (Å²) in [5, 5.41) is 4.78. The summed E-state index contributed by atoms with van der Waals surface area (Å²) in [6, 6.07) is 73.4. The smallest absolute Gasteiger partial charge is 0.140 e. The number of anilines is 3. The molecule has 1 heterocycles. The van der Waals surface area contributed by atoms with E-state index in [4.69, 9.17) is 4.42 Å². The highest BCUT2D eigenvalue weighted by atomic mass is 16.3. The average Bonchev–Trinajstić information content (AvgIpc) is 3.83. The van der Waals surface area contributed by atoms with Crippen LogP contribution in [0, 0.1) is 0 Å². The van der Waals surface area contributed by atoms with Crippen LogP contribution in [-0.2, 0) is 11.8 Å². The number of benzene rings is 9. The first-order valence-electron chi connectivity index (χ1n) is 20.6. The van der Waals surface area contributed by atoms with E-state index in [2.05, 4.69) is 217 Å². The van der Waals surface area contributed by atoms with Crippen molar-refractivity contribution in [3.63, 3.8) is 0 Å². The third-order valence-corrected chi connectivity index (χ3v) is 12.8. The quantitative estimate of drug-likeness (QED) is 0.168. The minimum Gasteiger partial charge on any atom is -0.456 e. The van der Waals surface area contributed by atoms with E-state index in [1.54, 1.807) is 0 Å². The minimum atomic E-state index is -0.628. The molecule has 59 heavy (non-hydrogen) atoms. The average molecular weight is 754 g/mol. The number of rotatable bonds is 6. The fraction of sp³-hybridized carbons (Fsp3) is 0.0526. The van der Waals surface area contributed by atoms with E-state index >= 15 is 0 Å². The number of para-hydroxylation sites is 3. The van der Waals surface area contributed by atoms with E-state index in [-0.39, 0.29) is 0 Å². The lowest BCUT2D eigenvalue weighted by atomic mass is 9.67. The molecule has 2 heteroatoms. The second-order valence-electron chi connectivity index (χ2n) is 15.9. The molecular weight excluding hydrogens is 715 g/mol. The lowest BCUT2D eigenvalue weighted by Gasteiger charge is -2.35. The van der Waals surface area contributed by atoms with Gasteiger partial charge in [0.05, 0.1) is 5.41 Å². The number of fused-ring (bicyclic) bond motifs is 8. The van der Waals surface area contributed by atoms with Crippen LogP contribution < -0.4 is 4.90 Å². The highest BCUT2D eigenvalue weighted by molar-refractivity contribution is 6.07. The first-order valence-corrected chi connectivity index (χ1v) is 20.6. The Bertz CT molecular complexity index is 3260. The van der Waals surface area contributed by atoms with Gasteiger partial charge in [0.25, 0.3) is 0 Å². The Kier molecular flexibility index (Phi) is 7.61. The van der Waals surface area contributed by atoms with Crippen LogP contribution in [0.3, 0.4) is 0 Å². The van der Waals surface area contributed by atoms with Gasteiger partial charge in [-0.1, -0.05) is 158 Å². The SMILES string of the molecule is C1=Cc2cc3c(cc2CC1)-c1ccccc1C3(c1ccc(N(c2ccccc2)c2ccc(-c3ccc4ccccc4c3)cc2)cc1)c1cccc2c1oc1ccccc12. The van der Waals surface area contributed by atoms with Crippen molar-refractivity contribution >= 4 is 55.8 Å². The van der Waals surface area contributed by atoms with Crippen molar-refractivity contribution in [2.24, 2.45) is 0 Å². The van der Waals surface area contributed by atoms with Gasteiger partial charge < -0.3 is 9.32 Å². The summed E-state index contributed by atoms with van der Waals surface area (Å²) in [4.78, 5) is 2.36. The van der Waals surface area contributed by atoms with Crippen LogP contribution in [0.2, 0.25) is 0 Å². The predicted octanol–water partition coefficient (Wildman–Crippen LogP) is 15.2. The molecule has 2 aliphatic carbocycles. The Morgan fingerprint density at radius 1 is 0.458 bits per heavy atom. The molecule has 0 spiro atoms. The molecular formula is C57H39NO. The van der Waals surface area contributed by atoms with Crippen LogP contribution in [0.1, 0.15) is 39.8 Å². The fourth-order valence-electron chi connectivity index (χ4n) is 10.1. The topological polar surface area (TPSA) is 16.4 Å². The fourth-order valence-corrected chi connectivity index (χ4v) is 10.1. The molecule has 0 saturated heterocycles. The zero-order valence-electron chi connectivity index (χ0n) is 32.5. The van der Waals surface area contributed by atoms with Crippen molar-refractivity contribution in [2.45, 2.75) is 18.3 Å². The van der Waals surface area contributed by atoms with E-state index in [9.17, 15) is 0 Å². The highest BCUT2D eigenvalue weighted by Crippen LogP contribution is 2.58. The van der Waals surface area contributed by atoms with Crippen LogP contribution in [-0.4, -0.2) is 0 Å². The second kappa shape index (κ2) is 13.3. The lowest BCUT2D eigenvalue weighted by Crippen LogP contribution is -2.29. The van der Waals surface area contributed by atoms with Gasteiger partial charge in [-0.2, -0.15) is 0 Å². The van der Waals surface area contributed by atoms with Crippen LogP contribution in [0.4, 0.5) is 17.1 Å². The van der Waals surface area contributed by atoms with E-state index in [0.29, 0.717) is 0 Å². The number of hydrogen-bond donors (Lipinski definition) is 0. The van der Waals surface area contributed by atoms with Crippen molar-refractivity contribution in [1.29, 1.82) is 0 Å². The first kappa shape index (κ1) is 33.7. The summed E-state index contributed by atoms with van der Waals surface area (Å²) < 4.78 is 6.90. The van der Waals surface area contributed by atoms with Crippen LogP contribution in [0.25, 0.3) is 61.0 Å². The summed E-state index contributed by atoms with van der Waals surface area (Å²) in [6.45, 7) is 0. The third-order valence-electron chi connectivity index (χ3n) is 12.8. The molecule has 2 nitrogen and oxygen atoms in total. The zero-order valence-corrected chi connectivity index (χ0v) is 32.5. The van der Waals surface area contributed by atoms with Gasteiger partial charge >= 0.3 is 0 Å². The molecule has 1 atom stereocenters. The van der Waals surface area contributed by atoms with E-state index in [1.807, 2.05) is 0 Å². The van der Waals surface area contributed by atoms with Gasteiger partial charge in [-0.3, -0.25) is 0 Å². The van der Waals surface area contributed by atoms with Crippen LogP contribution in [0.5, 0.6) is 0 Å². The summed E-state index contributed by atoms with van der Waals surface area (Å²) in [5.41, 5.74) is 17.2. The molecule has 1 unspecified atom stereocenters. The minimum absolute atomic E-state index is 0.628. The lowest BCUT2D eigenvalue weighted by molar-refractivity contribution is 0.648. The predicted molar refractivity (Wildman–Crippen MR) is 246 cm³/mol. The van der Waals surface area contributed by atoms with Gasteiger partial charge in [0.15, 0.2) is 0 Å². The van der Waals surface area contributed by atoms with Gasteiger partial charge in [0.1, 0.15) is 11.2 Å². The molecule has 10 aromatic rings. The summed E-state index contributed by atoms with van der Waals surface area (Å²) >= 11 is 0. The molecule has 0 N–H and O–H groups in total. The first-order chi connectivity index (χ1) is 29.2. The molecule has 0 radical (unpaired) electrons. The van der Waals surface area contributed by atoms with Gasteiger partial charge in [-0.15, -0.1) is 0 Å². The molecule has 2 aliphatic rings. The summed E-state index contributed by atoms with van der Waals surface area (Å²) in [5.74, 6) is 0. The monoisotopic (exact) mass is 753 g/mol. The van der Waals surface area contributed by atoms with Crippen molar-refractivity contribution in [2.75, 3.05) is 4.90 Å². The Morgan fingerprint density at radius 3 is 2.00 bits per heavy atom. The Labute approximate surface area is 343 Å². The number of hydrogen-bond acceptors (Lipinski definition) is 2. The number of aryl methyl sites for hydroxylation is 1. The highest BCUT2D eigenvalue weighted by Gasteiger charge is 2.48. The number of nitrogens with zero attached hydrogens (tertiary/aromatic N) is 1. The van der Waals surface area contributed by atoms with E-state index in [0.717, 1.165) is 57.4 Å². The van der Waals surface area contributed by atoms with Gasteiger partial charge in [-0.25, -0.2) is 0 Å². The van der Waals surface area contributed by atoms with Crippen molar-refractivity contribution in [3.8, 4) is 22.3 Å². The zero-order chi connectivity index (χ0) is 38.9. The standard InChI is InChI=1S/C57H39NO/c1-2-17-45(18-3-1)58(46-31-27-39(28-32-46)43-26-25-38-13-4-5-14-40(38)35-43)47-33-29-44(30-34-47)57(53-23-12-21-50-49-20-9-11-24-55(49)59-56(50)53)52-22-10-8-19-48(52)51-36-41-15-6-7-16-42(41)37-54(51)57/h1-5,7-14,16-37H,6,15H2. The molecule has 0 amide bonds. The van der Waals surface area contributed by atoms with Crippen molar-refractivity contribution < 1.29 is 4.42 Å². The molecule has 1 aromatic heterocycles. The third kappa shape index (κ3) is 5.20. The van der Waals surface area contributed by atoms with Crippen molar-refractivity contribution in [3.05, 3.63) is 240 Å². The Balaban J connectivity index is 1.05. The normalized spacial score (nSPS) is 15.3. The van der Waals surface area contributed by atoms with E-state index in [1.165, 1.54) is 60.8 Å². The van der Waals surface area contributed by atoms with Gasteiger partial charge in [-0.05, 0) is 128 Å².